The maximum atomic E-state index is 12.4. The molecule has 1 N–H and O–H groups in total. The van der Waals surface area contributed by atoms with Gasteiger partial charge in [-0.15, -0.1) is 0 Å². The third kappa shape index (κ3) is 6.12. The Morgan fingerprint density at radius 3 is 2.61 bits per heavy atom. The van der Waals surface area contributed by atoms with Crippen LogP contribution in [0.4, 0.5) is 0 Å². The van der Waals surface area contributed by atoms with Crippen molar-refractivity contribution < 1.29 is 4.79 Å². The summed E-state index contributed by atoms with van der Waals surface area (Å²) in [5, 5.41) is 5.54. The number of halogens is 1. The van der Waals surface area contributed by atoms with Crippen molar-refractivity contribution in [1.29, 1.82) is 0 Å². The number of hydrogen-bond acceptors (Lipinski definition) is 4. The van der Waals surface area contributed by atoms with Crippen LogP contribution >= 0.6 is 23.4 Å². The van der Waals surface area contributed by atoms with E-state index in [2.05, 4.69) is 15.1 Å². The van der Waals surface area contributed by atoms with Crippen molar-refractivity contribution >= 4 is 52.6 Å². The molecule has 0 fully saturated rings. The highest BCUT2D eigenvalue weighted by atomic mass is 35.5. The van der Waals surface area contributed by atoms with Crippen molar-refractivity contribution in [3.05, 3.63) is 101 Å². The second-order valence-electron chi connectivity index (χ2n) is 7.44. The van der Waals surface area contributed by atoms with E-state index in [0.717, 1.165) is 32.9 Å². The smallest absolute Gasteiger partial charge is 0.250 e. The molecule has 0 bridgehead atoms. The lowest BCUT2D eigenvalue weighted by Gasteiger charge is -2.10. The standard InChI is InChI=1S/C26H23ClN4OS/c1-19(15-20-9-3-2-4-10-20)16-28-30-25(32)18-33-26-29-23-13-7-8-14-24(23)31(26)17-21-11-5-6-12-22(21)27/h2-16H,17-18H2,1H3,(H,30,32)/b19-15+,28-16-. The molecule has 0 aliphatic carbocycles. The van der Waals surface area contributed by atoms with Crippen molar-refractivity contribution in [2.75, 3.05) is 5.75 Å². The van der Waals surface area contributed by atoms with E-state index in [1.807, 2.05) is 91.9 Å². The van der Waals surface area contributed by atoms with Crippen LogP contribution in [-0.4, -0.2) is 27.4 Å². The number of allylic oxidation sites excluding steroid dienone is 1. The minimum absolute atomic E-state index is 0.194. The van der Waals surface area contributed by atoms with Crippen LogP contribution in [-0.2, 0) is 11.3 Å². The van der Waals surface area contributed by atoms with Crippen LogP contribution in [0.25, 0.3) is 17.1 Å². The quantitative estimate of drug-likeness (QED) is 0.192. The molecular weight excluding hydrogens is 452 g/mol. The van der Waals surface area contributed by atoms with Gasteiger partial charge in [0, 0.05) is 5.02 Å². The molecule has 4 rings (SSSR count). The number of carbonyl (C=O) groups is 1. The van der Waals surface area contributed by atoms with Crippen LogP contribution in [0, 0.1) is 0 Å². The van der Waals surface area contributed by atoms with Crippen LogP contribution in [0.5, 0.6) is 0 Å². The Hall–Kier alpha value is -3.35. The van der Waals surface area contributed by atoms with E-state index in [4.69, 9.17) is 16.6 Å². The monoisotopic (exact) mass is 474 g/mol. The number of para-hydroxylation sites is 2. The van der Waals surface area contributed by atoms with Crippen LogP contribution < -0.4 is 5.43 Å². The summed E-state index contributed by atoms with van der Waals surface area (Å²) in [6.07, 6.45) is 3.64. The molecule has 1 heterocycles. The first-order chi connectivity index (χ1) is 16.1. The van der Waals surface area contributed by atoms with E-state index in [-0.39, 0.29) is 11.7 Å². The molecule has 4 aromatic rings. The Bertz CT molecular complexity index is 1310. The number of benzene rings is 3. The molecule has 7 heteroatoms. The number of hydrogen-bond donors (Lipinski definition) is 1. The number of fused-ring (bicyclic) bond motifs is 1. The number of thioether (sulfide) groups is 1. The molecule has 0 saturated heterocycles. The van der Waals surface area contributed by atoms with Crippen LogP contribution in [0.1, 0.15) is 18.1 Å². The molecule has 0 atom stereocenters. The highest BCUT2D eigenvalue weighted by molar-refractivity contribution is 7.99. The van der Waals surface area contributed by atoms with Gasteiger partial charge in [-0.05, 0) is 41.8 Å². The Morgan fingerprint density at radius 2 is 1.79 bits per heavy atom. The minimum Gasteiger partial charge on any atom is -0.314 e. The molecule has 1 amide bonds. The lowest BCUT2D eigenvalue weighted by atomic mass is 10.1. The average Bonchev–Trinajstić information content (AvgIpc) is 3.17. The topological polar surface area (TPSA) is 59.3 Å². The summed E-state index contributed by atoms with van der Waals surface area (Å²) < 4.78 is 2.09. The highest BCUT2D eigenvalue weighted by Crippen LogP contribution is 2.27. The van der Waals surface area contributed by atoms with E-state index >= 15 is 0 Å². The molecule has 0 unspecified atom stereocenters. The number of carbonyl (C=O) groups excluding carboxylic acids is 1. The first-order valence-electron chi connectivity index (χ1n) is 10.5. The molecule has 0 saturated carbocycles. The molecule has 0 aliphatic rings. The summed E-state index contributed by atoms with van der Waals surface area (Å²) in [4.78, 5) is 17.1. The first kappa shape index (κ1) is 22.8. The van der Waals surface area contributed by atoms with E-state index in [9.17, 15) is 4.79 Å². The normalized spacial score (nSPS) is 11.9. The number of aromatic nitrogens is 2. The van der Waals surface area contributed by atoms with E-state index < -0.39 is 0 Å². The molecule has 0 spiro atoms. The van der Waals surface area contributed by atoms with Gasteiger partial charge in [0.1, 0.15) is 0 Å². The molecule has 166 valence electrons. The second kappa shape index (κ2) is 11.0. The number of amides is 1. The lowest BCUT2D eigenvalue weighted by Crippen LogP contribution is -2.20. The Morgan fingerprint density at radius 1 is 1.06 bits per heavy atom. The van der Waals surface area contributed by atoms with Crippen molar-refractivity contribution in [2.24, 2.45) is 5.10 Å². The van der Waals surface area contributed by atoms with Gasteiger partial charge in [-0.25, -0.2) is 10.4 Å². The van der Waals surface area contributed by atoms with Gasteiger partial charge in [0.2, 0.25) is 0 Å². The first-order valence-corrected chi connectivity index (χ1v) is 11.8. The van der Waals surface area contributed by atoms with E-state index in [1.165, 1.54) is 11.8 Å². The molecule has 0 aliphatic heterocycles. The number of nitrogens with one attached hydrogen (secondary N) is 1. The van der Waals surface area contributed by atoms with Gasteiger partial charge >= 0.3 is 0 Å². The van der Waals surface area contributed by atoms with Gasteiger partial charge in [-0.2, -0.15) is 5.10 Å². The molecule has 0 radical (unpaired) electrons. The van der Waals surface area contributed by atoms with Gasteiger partial charge in [0.05, 0.1) is 29.5 Å². The molecule has 33 heavy (non-hydrogen) atoms. The number of nitrogens with zero attached hydrogens (tertiary/aromatic N) is 3. The zero-order valence-electron chi connectivity index (χ0n) is 18.1. The van der Waals surface area contributed by atoms with E-state index in [0.29, 0.717) is 11.6 Å². The number of imidazole rings is 1. The van der Waals surface area contributed by atoms with Gasteiger partial charge in [-0.1, -0.05) is 90.1 Å². The SMILES string of the molecule is CC(/C=N\NC(=O)CSc1nc2ccccc2n1Cc1ccccc1Cl)=C\c1ccccc1. The predicted molar refractivity (Wildman–Crippen MR) is 138 cm³/mol. The Balaban J connectivity index is 1.42. The van der Waals surface area contributed by atoms with Gasteiger partial charge in [0.15, 0.2) is 5.16 Å². The fourth-order valence-corrected chi connectivity index (χ4v) is 4.33. The summed E-state index contributed by atoms with van der Waals surface area (Å²) in [6, 6.07) is 25.6. The molecular formula is C26H23ClN4OS. The van der Waals surface area contributed by atoms with Crippen molar-refractivity contribution in [3.63, 3.8) is 0 Å². The lowest BCUT2D eigenvalue weighted by molar-refractivity contribution is -0.118. The van der Waals surface area contributed by atoms with Crippen LogP contribution in [0.2, 0.25) is 5.02 Å². The maximum absolute atomic E-state index is 12.4. The summed E-state index contributed by atoms with van der Waals surface area (Å²) in [5.74, 6) is 0.00470. The number of rotatable bonds is 8. The summed E-state index contributed by atoms with van der Waals surface area (Å²) in [6.45, 7) is 2.51. The third-order valence-electron chi connectivity index (χ3n) is 4.89. The maximum Gasteiger partial charge on any atom is 0.250 e. The zero-order chi connectivity index (χ0) is 23.0. The van der Waals surface area contributed by atoms with Gasteiger partial charge in [-0.3, -0.25) is 4.79 Å². The molecule has 5 nitrogen and oxygen atoms in total. The van der Waals surface area contributed by atoms with Gasteiger partial charge < -0.3 is 4.57 Å². The van der Waals surface area contributed by atoms with Crippen molar-refractivity contribution in [3.8, 4) is 0 Å². The summed E-state index contributed by atoms with van der Waals surface area (Å²) >= 11 is 7.76. The molecule has 3 aromatic carbocycles. The van der Waals surface area contributed by atoms with Gasteiger partial charge in [0.25, 0.3) is 5.91 Å². The average molecular weight is 475 g/mol. The summed E-state index contributed by atoms with van der Waals surface area (Å²) in [7, 11) is 0. The fourth-order valence-electron chi connectivity index (χ4n) is 3.33. The summed E-state index contributed by atoms with van der Waals surface area (Å²) in [5.41, 5.74) is 7.50. The Kier molecular flexibility index (Phi) is 7.60. The predicted octanol–water partition coefficient (Wildman–Crippen LogP) is 6.04. The zero-order valence-corrected chi connectivity index (χ0v) is 19.7. The minimum atomic E-state index is -0.194. The van der Waals surface area contributed by atoms with Crippen molar-refractivity contribution in [1.82, 2.24) is 15.0 Å². The van der Waals surface area contributed by atoms with Crippen molar-refractivity contribution in [2.45, 2.75) is 18.6 Å². The Labute approximate surface area is 202 Å². The highest BCUT2D eigenvalue weighted by Gasteiger charge is 2.14. The second-order valence-corrected chi connectivity index (χ2v) is 8.79. The number of hydrazone groups is 1. The third-order valence-corrected chi connectivity index (χ3v) is 6.23. The van der Waals surface area contributed by atoms with Crippen LogP contribution in [0.15, 0.2) is 94.7 Å². The van der Waals surface area contributed by atoms with E-state index in [1.54, 1.807) is 6.21 Å². The largest absolute Gasteiger partial charge is 0.314 e. The molecule has 1 aromatic heterocycles. The van der Waals surface area contributed by atoms with Crippen LogP contribution in [0.3, 0.4) is 0 Å². The fraction of sp³-hybridized carbons (Fsp3) is 0.115.